The first-order valence-electron chi connectivity index (χ1n) is 6.51. The minimum absolute atomic E-state index is 0.0328. The number of allylic oxidation sites excluding steroid dienone is 1. The van der Waals surface area contributed by atoms with Gasteiger partial charge in [0.1, 0.15) is 4.32 Å². The van der Waals surface area contributed by atoms with Gasteiger partial charge in [0.2, 0.25) is 0 Å². The van der Waals surface area contributed by atoms with Crippen LogP contribution >= 0.6 is 24.0 Å². The average Bonchev–Trinajstić information content (AvgIpc) is 2.86. The van der Waals surface area contributed by atoms with Crippen molar-refractivity contribution in [1.29, 1.82) is 0 Å². The summed E-state index contributed by atoms with van der Waals surface area (Å²) < 4.78 is 0.719. The van der Waals surface area contributed by atoms with E-state index >= 15 is 0 Å². The second kappa shape index (κ2) is 5.84. The number of nitrogens with zero attached hydrogens (tertiary/aromatic N) is 1. The summed E-state index contributed by atoms with van der Waals surface area (Å²) in [6.07, 6.45) is 3.61. The molecule has 1 aliphatic rings. The zero-order valence-electron chi connectivity index (χ0n) is 11.4. The molecule has 1 aliphatic carbocycles. The van der Waals surface area contributed by atoms with Crippen LogP contribution in [0.2, 0.25) is 0 Å². The summed E-state index contributed by atoms with van der Waals surface area (Å²) in [5.41, 5.74) is 3.48. The van der Waals surface area contributed by atoms with Crippen molar-refractivity contribution < 1.29 is 4.79 Å². The zero-order valence-corrected chi connectivity index (χ0v) is 13.1. The fourth-order valence-corrected chi connectivity index (χ4v) is 2.99. The van der Waals surface area contributed by atoms with Crippen molar-refractivity contribution in [2.45, 2.75) is 0 Å². The van der Waals surface area contributed by atoms with E-state index in [0.717, 1.165) is 26.8 Å². The number of thioether (sulfide) groups is 1. The summed E-state index contributed by atoms with van der Waals surface area (Å²) in [6.45, 7) is 0. The van der Waals surface area contributed by atoms with Gasteiger partial charge >= 0.3 is 0 Å². The normalized spacial score (nSPS) is 12.8. The number of rotatable bonds is 2. The monoisotopic (exact) mass is 311 g/mol. The molecule has 2 nitrogen and oxygen atoms in total. The predicted molar refractivity (Wildman–Crippen MR) is 93.8 cm³/mol. The summed E-state index contributed by atoms with van der Waals surface area (Å²) in [5, 5.41) is 0. The van der Waals surface area contributed by atoms with Crippen LogP contribution in [0.15, 0.2) is 60.7 Å². The van der Waals surface area contributed by atoms with E-state index < -0.39 is 0 Å². The van der Waals surface area contributed by atoms with Gasteiger partial charge in [-0.25, -0.2) is 0 Å². The minimum Gasteiger partial charge on any atom is -0.295 e. The molecular formula is C17H13NOS2. The molecule has 0 radical (unpaired) electrons. The lowest BCUT2D eigenvalue weighted by Crippen LogP contribution is -2.24. The first-order chi connectivity index (χ1) is 10.2. The Morgan fingerprint density at radius 1 is 1.00 bits per heavy atom. The molecule has 104 valence electrons. The number of hydrogen-bond donors (Lipinski definition) is 0. The van der Waals surface area contributed by atoms with Crippen LogP contribution in [0.5, 0.6) is 0 Å². The number of benzene rings is 2. The number of carbonyl (C=O) groups is 1. The number of para-hydroxylation sites is 1. The Labute approximate surface area is 133 Å². The lowest BCUT2D eigenvalue weighted by Gasteiger charge is -2.26. The Bertz CT molecular complexity index is 737. The standard InChI is InChI=1S/C17H13NOS2/c1-21-17(20)18(12-7-3-2-4-8-12)15-11-16(19)14-10-6-5-9-13(14)15/h2-11H,1H3. The maximum atomic E-state index is 12.2. The Morgan fingerprint density at radius 3 is 2.29 bits per heavy atom. The Morgan fingerprint density at radius 2 is 1.62 bits per heavy atom. The molecule has 2 aromatic carbocycles. The van der Waals surface area contributed by atoms with E-state index in [9.17, 15) is 4.79 Å². The largest absolute Gasteiger partial charge is 0.295 e. The molecule has 0 fully saturated rings. The van der Waals surface area contributed by atoms with E-state index in [-0.39, 0.29) is 5.78 Å². The van der Waals surface area contributed by atoms with Gasteiger partial charge in [-0.2, -0.15) is 0 Å². The minimum atomic E-state index is 0.0328. The van der Waals surface area contributed by atoms with Crippen molar-refractivity contribution in [2.24, 2.45) is 0 Å². The molecule has 4 heteroatoms. The summed E-state index contributed by atoms with van der Waals surface area (Å²) in [5.74, 6) is 0.0328. The van der Waals surface area contributed by atoms with Crippen LogP contribution in [0.3, 0.4) is 0 Å². The number of carbonyl (C=O) groups excluding carboxylic acids is 1. The van der Waals surface area contributed by atoms with Gasteiger partial charge < -0.3 is 0 Å². The summed E-state index contributed by atoms with van der Waals surface area (Å²) in [6, 6.07) is 17.5. The first kappa shape index (κ1) is 14.0. The smallest absolute Gasteiger partial charge is 0.188 e. The molecule has 0 heterocycles. The summed E-state index contributed by atoms with van der Waals surface area (Å²) >= 11 is 7.00. The van der Waals surface area contributed by atoms with Crippen molar-refractivity contribution in [3.05, 3.63) is 71.8 Å². The number of fused-ring (bicyclic) bond motifs is 1. The van der Waals surface area contributed by atoms with Gasteiger partial charge in [0.25, 0.3) is 0 Å². The van der Waals surface area contributed by atoms with E-state index in [4.69, 9.17) is 12.2 Å². The Balaban J connectivity index is 2.13. The van der Waals surface area contributed by atoms with Crippen LogP contribution in [-0.2, 0) is 0 Å². The molecule has 0 unspecified atom stereocenters. The highest BCUT2D eigenvalue weighted by Crippen LogP contribution is 2.35. The molecule has 0 saturated carbocycles. The van der Waals surface area contributed by atoms with E-state index in [2.05, 4.69) is 0 Å². The molecule has 3 rings (SSSR count). The highest BCUT2D eigenvalue weighted by Gasteiger charge is 2.27. The molecule has 21 heavy (non-hydrogen) atoms. The third-order valence-corrected chi connectivity index (χ3v) is 4.56. The third kappa shape index (κ3) is 2.52. The molecule has 0 aliphatic heterocycles. The van der Waals surface area contributed by atoms with Gasteiger partial charge in [0, 0.05) is 22.9 Å². The quantitative estimate of drug-likeness (QED) is 0.767. The van der Waals surface area contributed by atoms with Crippen molar-refractivity contribution in [1.82, 2.24) is 0 Å². The maximum absolute atomic E-state index is 12.2. The first-order valence-corrected chi connectivity index (χ1v) is 8.14. The van der Waals surface area contributed by atoms with Gasteiger partial charge in [-0.05, 0) is 18.4 Å². The SMILES string of the molecule is CSC(=S)N(C1=CC(=O)c2ccccc21)c1ccccc1. The second-order valence-corrected chi connectivity index (χ2v) is 6.02. The van der Waals surface area contributed by atoms with Gasteiger partial charge in [0.15, 0.2) is 5.78 Å². The molecule has 0 amide bonds. The van der Waals surface area contributed by atoms with E-state index in [1.54, 1.807) is 6.08 Å². The molecule has 2 aromatic rings. The van der Waals surface area contributed by atoms with Crippen LogP contribution in [0, 0.1) is 0 Å². The molecule has 0 atom stereocenters. The van der Waals surface area contributed by atoms with Crippen LogP contribution in [0.25, 0.3) is 5.70 Å². The van der Waals surface area contributed by atoms with Gasteiger partial charge in [-0.1, -0.05) is 66.4 Å². The fraction of sp³-hybridized carbons (Fsp3) is 0.0588. The Kier molecular flexibility index (Phi) is 3.90. The van der Waals surface area contributed by atoms with Crippen molar-refractivity contribution in [3.8, 4) is 0 Å². The lowest BCUT2D eigenvalue weighted by atomic mass is 10.1. The summed E-state index contributed by atoms with van der Waals surface area (Å²) in [4.78, 5) is 14.1. The fourth-order valence-electron chi connectivity index (χ4n) is 2.40. The molecule has 0 aromatic heterocycles. The van der Waals surface area contributed by atoms with Crippen molar-refractivity contribution >= 4 is 45.5 Å². The highest BCUT2D eigenvalue weighted by molar-refractivity contribution is 8.23. The average molecular weight is 311 g/mol. The van der Waals surface area contributed by atoms with Crippen molar-refractivity contribution in [2.75, 3.05) is 11.2 Å². The Hall–Kier alpha value is -1.91. The van der Waals surface area contributed by atoms with Crippen LogP contribution < -0.4 is 4.90 Å². The number of anilines is 1. The van der Waals surface area contributed by atoms with E-state index in [1.807, 2.05) is 65.8 Å². The van der Waals surface area contributed by atoms with E-state index in [1.165, 1.54) is 11.8 Å². The van der Waals surface area contributed by atoms with Crippen LogP contribution in [-0.4, -0.2) is 16.4 Å². The number of hydrogen-bond acceptors (Lipinski definition) is 3. The molecule has 0 saturated heterocycles. The predicted octanol–water partition coefficient (Wildman–Crippen LogP) is 4.38. The van der Waals surface area contributed by atoms with Crippen LogP contribution in [0.1, 0.15) is 15.9 Å². The van der Waals surface area contributed by atoms with Crippen LogP contribution in [0.4, 0.5) is 5.69 Å². The number of thiocarbonyl (C=S) groups is 1. The second-order valence-electron chi connectivity index (χ2n) is 4.58. The lowest BCUT2D eigenvalue weighted by molar-refractivity contribution is 0.105. The summed E-state index contributed by atoms with van der Waals surface area (Å²) in [7, 11) is 0. The zero-order chi connectivity index (χ0) is 14.8. The molecular weight excluding hydrogens is 298 g/mol. The van der Waals surface area contributed by atoms with Gasteiger partial charge in [-0.15, -0.1) is 0 Å². The number of ketones is 1. The van der Waals surface area contributed by atoms with E-state index in [0.29, 0.717) is 0 Å². The maximum Gasteiger partial charge on any atom is 0.188 e. The van der Waals surface area contributed by atoms with Crippen molar-refractivity contribution in [3.63, 3.8) is 0 Å². The molecule has 0 N–H and O–H groups in total. The topological polar surface area (TPSA) is 20.3 Å². The van der Waals surface area contributed by atoms with Gasteiger partial charge in [-0.3, -0.25) is 9.69 Å². The third-order valence-electron chi connectivity index (χ3n) is 3.35. The van der Waals surface area contributed by atoms with Gasteiger partial charge in [0.05, 0.1) is 5.70 Å². The highest BCUT2D eigenvalue weighted by atomic mass is 32.2. The molecule has 0 bridgehead atoms. The molecule has 0 spiro atoms.